The number of carbonyl (C=O) groups is 1. The Morgan fingerprint density at radius 3 is 2.10 bits per heavy atom. The maximum Gasteiger partial charge on any atom is 0.244 e. The lowest BCUT2D eigenvalue weighted by atomic mass is 9.98. The number of benzene rings is 1. The Hall–Kier alpha value is -1.97. The van der Waals surface area contributed by atoms with Crippen LogP contribution in [0.2, 0.25) is 0 Å². The van der Waals surface area contributed by atoms with Crippen LogP contribution in [-0.4, -0.2) is 25.2 Å². The largest absolute Gasteiger partial charge is 0.493 e. The van der Waals surface area contributed by atoms with Crippen molar-refractivity contribution in [2.75, 3.05) is 7.11 Å². The minimum atomic E-state index is -0.0106. The number of carbonyl (C=O) groups excluding carboxylic acids is 1. The van der Waals surface area contributed by atoms with Gasteiger partial charge in [-0.3, -0.25) is 4.79 Å². The van der Waals surface area contributed by atoms with Crippen molar-refractivity contribution in [1.82, 2.24) is 5.32 Å². The first kappa shape index (κ1) is 23.3. The van der Waals surface area contributed by atoms with Crippen molar-refractivity contribution in [1.29, 1.82) is 0 Å². The van der Waals surface area contributed by atoms with Crippen LogP contribution < -0.4 is 14.8 Å². The van der Waals surface area contributed by atoms with Crippen LogP contribution in [0.15, 0.2) is 24.3 Å². The molecule has 0 aromatic heterocycles. The lowest BCUT2D eigenvalue weighted by molar-refractivity contribution is -0.117. The number of ether oxygens (including phenoxy) is 2. The fourth-order valence-corrected chi connectivity index (χ4v) is 3.87. The maximum absolute atomic E-state index is 12.5. The van der Waals surface area contributed by atoms with Crippen LogP contribution in [0.3, 0.4) is 0 Å². The lowest BCUT2D eigenvalue weighted by Crippen LogP contribution is -2.33. The third-order valence-corrected chi connectivity index (χ3v) is 5.43. The van der Waals surface area contributed by atoms with Crippen molar-refractivity contribution in [3.05, 3.63) is 29.8 Å². The predicted molar refractivity (Wildman–Crippen MR) is 121 cm³/mol. The highest BCUT2D eigenvalue weighted by molar-refractivity contribution is 5.92. The Bertz CT molecular complexity index is 627. The molecular weight excluding hydrogens is 362 g/mol. The van der Waals surface area contributed by atoms with Gasteiger partial charge in [-0.15, -0.1) is 0 Å². The maximum atomic E-state index is 12.5. The summed E-state index contributed by atoms with van der Waals surface area (Å²) in [6, 6.07) is 6.03. The van der Waals surface area contributed by atoms with Crippen LogP contribution >= 0.6 is 0 Å². The van der Waals surface area contributed by atoms with Gasteiger partial charge in [0.15, 0.2) is 11.5 Å². The molecule has 1 fully saturated rings. The summed E-state index contributed by atoms with van der Waals surface area (Å²) >= 11 is 0. The molecule has 0 atom stereocenters. The fraction of sp³-hybridized carbons (Fsp3) is 0.640. The molecule has 1 aliphatic carbocycles. The summed E-state index contributed by atoms with van der Waals surface area (Å²) in [6.07, 6.45) is 17.5. The number of hydrogen-bond donors (Lipinski definition) is 1. The van der Waals surface area contributed by atoms with E-state index in [0.29, 0.717) is 11.8 Å². The monoisotopic (exact) mass is 401 g/mol. The molecule has 1 aliphatic rings. The number of amides is 1. The van der Waals surface area contributed by atoms with Crippen molar-refractivity contribution in [2.45, 2.75) is 96.6 Å². The molecule has 29 heavy (non-hydrogen) atoms. The zero-order valence-corrected chi connectivity index (χ0v) is 18.5. The van der Waals surface area contributed by atoms with Gasteiger partial charge in [0.05, 0.1) is 13.2 Å². The average molecular weight is 402 g/mol. The highest BCUT2D eigenvalue weighted by Crippen LogP contribution is 2.29. The van der Waals surface area contributed by atoms with Gasteiger partial charge in [0.25, 0.3) is 0 Å². The van der Waals surface area contributed by atoms with Gasteiger partial charge in [-0.25, -0.2) is 0 Å². The van der Waals surface area contributed by atoms with E-state index in [0.717, 1.165) is 24.2 Å². The second-order valence-electron chi connectivity index (χ2n) is 8.38. The molecule has 4 heteroatoms. The minimum absolute atomic E-state index is 0.0106. The number of methoxy groups -OCH3 is 1. The molecular formula is C25H39NO3. The summed E-state index contributed by atoms with van der Waals surface area (Å²) < 4.78 is 11.2. The molecule has 1 N–H and O–H groups in total. The van der Waals surface area contributed by atoms with E-state index in [4.69, 9.17) is 9.47 Å². The number of nitrogens with one attached hydrogen (secondary N) is 1. The first-order valence-electron chi connectivity index (χ1n) is 11.4. The summed E-state index contributed by atoms with van der Waals surface area (Å²) in [5.41, 5.74) is 0.923. The van der Waals surface area contributed by atoms with E-state index < -0.39 is 0 Å². The van der Waals surface area contributed by atoms with Gasteiger partial charge in [0.1, 0.15) is 0 Å². The standard InChI is InChI=1S/C25H39NO3/c1-20(2)29-23-17-15-21(19-24(23)28-3)16-18-25(27)26-22-13-11-9-7-5-4-6-8-10-12-14-22/h15-20,22H,4-14H2,1-3H3,(H,26,27)/b18-16+. The van der Waals surface area contributed by atoms with Crippen molar-refractivity contribution in [3.63, 3.8) is 0 Å². The first-order valence-corrected chi connectivity index (χ1v) is 11.4. The van der Waals surface area contributed by atoms with E-state index >= 15 is 0 Å². The zero-order chi connectivity index (χ0) is 20.9. The van der Waals surface area contributed by atoms with E-state index in [1.165, 1.54) is 57.8 Å². The van der Waals surface area contributed by atoms with Crippen LogP contribution in [0.4, 0.5) is 0 Å². The normalized spacial score (nSPS) is 17.5. The molecule has 1 aromatic rings. The van der Waals surface area contributed by atoms with E-state index in [9.17, 15) is 4.79 Å². The van der Waals surface area contributed by atoms with Gasteiger partial charge in [-0.2, -0.15) is 0 Å². The Labute approximate surface area is 177 Å². The van der Waals surface area contributed by atoms with Gasteiger partial charge >= 0.3 is 0 Å². The van der Waals surface area contributed by atoms with Crippen molar-refractivity contribution >= 4 is 12.0 Å². The molecule has 0 heterocycles. The molecule has 1 aromatic carbocycles. The molecule has 0 aliphatic heterocycles. The third kappa shape index (κ3) is 9.38. The molecule has 0 unspecified atom stereocenters. The molecule has 2 rings (SSSR count). The van der Waals surface area contributed by atoms with E-state index in [1.807, 2.05) is 38.1 Å². The summed E-state index contributed by atoms with van der Waals surface area (Å²) in [5, 5.41) is 3.23. The Morgan fingerprint density at radius 2 is 1.55 bits per heavy atom. The molecule has 0 saturated heterocycles. The summed E-state index contributed by atoms with van der Waals surface area (Å²) in [5.74, 6) is 1.39. The molecule has 1 saturated carbocycles. The predicted octanol–water partition coefficient (Wildman–Crippen LogP) is 6.29. The van der Waals surface area contributed by atoms with Crippen LogP contribution in [-0.2, 0) is 4.79 Å². The highest BCUT2D eigenvalue weighted by Gasteiger charge is 2.12. The second-order valence-corrected chi connectivity index (χ2v) is 8.38. The number of hydrogen-bond acceptors (Lipinski definition) is 3. The Balaban J connectivity index is 1.90. The molecule has 162 valence electrons. The SMILES string of the molecule is COc1cc(/C=C/C(=O)NC2CCCCCCCCCCC2)ccc1OC(C)C. The Morgan fingerprint density at radius 1 is 0.966 bits per heavy atom. The smallest absolute Gasteiger partial charge is 0.244 e. The fourth-order valence-electron chi connectivity index (χ4n) is 3.87. The molecule has 4 nitrogen and oxygen atoms in total. The minimum Gasteiger partial charge on any atom is -0.493 e. The van der Waals surface area contributed by atoms with E-state index in [2.05, 4.69) is 5.32 Å². The summed E-state index contributed by atoms with van der Waals surface area (Å²) in [4.78, 5) is 12.5. The van der Waals surface area contributed by atoms with Gasteiger partial charge in [-0.05, 0) is 50.5 Å². The second kappa shape index (κ2) is 13.3. The van der Waals surface area contributed by atoms with Crippen LogP contribution in [0.1, 0.15) is 90.0 Å². The van der Waals surface area contributed by atoms with Crippen LogP contribution in [0.5, 0.6) is 11.5 Å². The van der Waals surface area contributed by atoms with Gasteiger partial charge < -0.3 is 14.8 Å². The van der Waals surface area contributed by atoms with Gasteiger partial charge in [-0.1, -0.05) is 63.9 Å². The zero-order valence-electron chi connectivity index (χ0n) is 18.5. The van der Waals surface area contributed by atoms with E-state index in [1.54, 1.807) is 13.2 Å². The van der Waals surface area contributed by atoms with Crippen molar-refractivity contribution < 1.29 is 14.3 Å². The van der Waals surface area contributed by atoms with E-state index in [-0.39, 0.29) is 12.0 Å². The first-order chi connectivity index (χ1) is 14.1. The van der Waals surface area contributed by atoms with Gasteiger partial charge in [0, 0.05) is 12.1 Å². The molecule has 0 bridgehead atoms. The summed E-state index contributed by atoms with van der Waals surface area (Å²) in [6.45, 7) is 3.97. The average Bonchev–Trinajstić information content (AvgIpc) is 2.69. The van der Waals surface area contributed by atoms with Gasteiger partial charge in [0.2, 0.25) is 5.91 Å². The molecule has 1 amide bonds. The topological polar surface area (TPSA) is 47.6 Å². The van der Waals surface area contributed by atoms with Crippen molar-refractivity contribution in [3.8, 4) is 11.5 Å². The summed E-state index contributed by atoms with van der Waals surface area (Å²) in [7, 11) is 1.63. The molecule has 0 radical (unpaired) electrons. The number of rotatable bonds is 6. The molecule has 0 spiro atoms. The van der Waals surface area contributed by atoms with Crippen LogP contribution in [0.25, 0.3) is 6.08 Å². The Kier molecular flexibility index (Phi) is 10.7. The lowest BCUT2D eigenvalue weighted by Gasteiger charge is -2.18. The quantitative estimate of drug-likeness (QED) is 0.570. The highest BCUT2D eigenvalue weighted by atomic mass is 16.5. The third-order valence-electron chi connectivity index (χ3n) is 5.43. The van der Waals surface area contributed by atoms with Crippen LogP contribution in [0, 0.1) is 0 Å². The van der Waals surface area contributed by atoms with Crippen molar-refractivity contribution in [2.24, 2.45) is 0 Å².